The Hall–Kier alpha value is -1.85. The van der Waals surface area contributed by atoms with Crippen LogP contribution in [-0.2, 0) is 9.53 Å². The van der Waals surface area contributed by atoms with Crippen molar-refractivity contribution in [1.29, 1.82) is 0 Å². The van der Waals surface area contributed by atoms with Gasteiger partial charge in [-0.25, -0.2) is 4.98 Å². The van der Waals surface area contributed by atoms with Crippen molar-refractivity contribution in [2.45, 2.75) is 13.8 Å². The van der Waals surface area contributed by atoms with Crippen LogP contribution in [0.15, 0.2) is 6.07 Å². The van der Waals surface area contributed by atoms with Crippen molar-refractivity contribution < 1.29 is 9.53 Å². The summed E-state index contributed by atoms with van der Waals surface area (Å²) < 4.78 is 4.79. The summed E-state index contributed by atoms with van der Waals surface area (Å²) in [5.41, 5.74) is 0.825. The number of aryl methyl sites for hydroxylation is 1. The molecule has 16 heavy (non-hydrogen) atoms. The van der Waals surface area contributed by atoms with Gasteiger partial charge in [0.15, 0.2) is 0 Å². The van der Waals surface area contributed by atoms with Crippen LogP contribution in [0, 0.1) is 6.92 Å². The van der Waals surface area contributed by atoms with E-state index < -0.39 is 0 Å². The molecule has 0 aromatic carbocycles. The van der Waals surface area contributed by atoms with E-state index in [0.717, 1.165) is 5.69 Å². The first-order chi connectivity index (χ1) is 7.65. The Morgan fingerprint density at radius 2 is 2.25 bits per heavy atom. The second-order valence-electron chi connectivity index (χ2n) is 3.13. The molecule has 0 spiro atoms. The van der Waals surface area contributed by atoms with Gasteiger partial charge in [0.05, 0.1) is 6.61 Å². The minimum atomic E-state index is -0.301. The van der Waals surface area contributed by atoms with Crippen molar-refractivity contribution in [1.82, 2.24) is 9.97 Å². The molecule has 2 N–H and O–H groups in total. The van der Waals surface area contributed by atoms with Crippen LogP contribution < -0.4 is 10.6 Å². The molecule has 1 heterocycles. The van der Waals surface area contributed by atoms with Crippen LogP contribution in [0.3, 0.4) is 0 Å². The van der Waals surface area contributed by atoms with Crippen LogP contribution in [0.5, 0.6) is 0 Å². The molecule has 1 aromatic rings. The van der Waals surface area contributed by atoms with Gasteiger partial charge in [-0.3, -0.25) is 4.79 Å². The lowest BCUT2D eigenvalue weighted by Crippen LogP contribution is -2.17. The number of nitrogens with zero attached hydrogens (tertiary/aromatic N) is 2. The first-order valence-electron chi connectivity index (χ1n) is 5.08. The normalized spacial score (nSPS) is 9.69. The monoisotopic (exact) mass is 224 g/mol. The van der Waals surface area contributed by atoms with E-state index in [2.05, 4.69) is 20.6 Å². The second-order valence-corrected chi connectivity index (χ2v) is 3.13. The van der Waals surface area contributed by atoms with E-state index in [9.17, 15) is 4.79 Å². The van der Waals surface area contributed by atoms with Crippen molar-refractivity contribution in [3.8, 4) is 0 Å². The van der Waals surface area contributed by atoms with Crippen LogP contribution in [0.4, 0.5) is 11.8 Å². The molecule has 6 heteroatoms. The van der Waals surface area contributed by atoms with Crippen LogP contribution in [0.1, 0.15) is 12.6 Å². The van der Waals surface area contributed by atoms with E-state index in [0.29, 0.717) is 18.4 Å². The third-order valence-electron chi connectivity index (χ3n) is 1.80. The topological polar surface area (TPSA) is 76.1 Å². The molecule has 0 bridgehead atoms. The van der Waals surface area contributed by atoms with Gasteiger partial charge in [0.1, 0.15) is 12.4 Å². The average Bonchev–Trinajstić information content (AvgIpc) is 2.26. The summed E-state index contributed by atoms with van der Waals surface area (Å²) in [6.07, 6.45) is 0. The minimum Gasteiger partial charge on any atom is -0.465 e. The van der Waals surface area contributed by atoms with Crippen molar-refractivity contribution in [3.05, 3.63) is 11.8 Å². The second kappa shape index (κ2) is 5.89. The number of aromatic nitrogens is 2. The summed E-state index contributed by atoms with van der Waals surface area (Å²) in [5.74, 6) is 0.820. The van der Waals surface area contributed by atoms with E-state index in [4.69, 9.17) is 4.74 Å². The summed E-state index contributed by atoms with van der Waals surface area (Å²) in [6.45, 7) is 4.11. The summed E-state index contributed by atoms with van der Waals surface area (Å²) in [5, 5.41) is 5.72. The lowest BCUT2D eigenvalue weighted by Gasteiger charge is -2.07. The third kappa shape index (κ3) is 3.72. The Bertz CT molecular complexity index is 368. The number of anilines is 2. The SMILES string of the molecule is CCOC(=O)CNc1cc(C)nc(NC)n1. The maximum Gasteiger partial charge on any atom is 0.325 e. The number of carbonyl (C=O) groups excluding carboxylic acids is 1. The molecule has 0 saturated carbocycles. The van der Waals surface area contributed by atoms with E-state index in [1.165, 1.54) is 0 Å². The van der Waals surface area contributed by atoms with Gasteiger partial charge in [-0.1, -0.05) is 0 Å². The molecule has 0 unspecified atom stereocenters. The zero-order valence-electron chi connectivity index (χ0n) is 9.70. The highest BCUT2D eigenvalue weighted by atomic mass is 16.5. The molecule has 6 nitrogen and oxygen atoms in total. The Labute approximate surface area is 94.4 Å². The Kier molecular flexibility index (Phi) is 4.50. The average molecular weight is 224 g/mol. The quantitative estimate of drug-likeness (QED) is 0.720. The fraction of sp³-hybridized carbons (Fsp3) is 0.500. The summed E-state index contributed by atoms with van der Waals surface area (Å²) >= 11 is 0. The number of nitrogens with one attached hydrogen (secondary N) is 2. The number of carbonyl (C=O) groups is 1. The predicted octanol–water partition coefficient (Wildman–Crippen LogP) is 0.802. The summed E-state index contributed by atoms with van der Waals surface area (Å²) in [4.78, 5) is 19.4. The lowest BCUT2D eigenvalue weighted by atomic mass is 10.4. The molecule has 0 aliphatic carbocycles. The Balaban J connectivity index is 2.59. The molecular formula is C10H16N4O2. The molecule has 88 valence electrons. The number of hydrogen-bond donors (Lipinski definition) is 2. The number of ether oxygens (including phenoxy) is 1. The van der Waals surface area contributed by atoms with Crippen molar-refractivity contribution in [3.63, 3.8) is 0 Å². The largest absolute Gasteiger partial charge is 0.465 e. The Morgan fingerprint density at radius 1 is 1.50 bits per heavy atom. The first-order valence-corrected chi connectivity index (χ1v) is 5.08. The molecule has 0 amide bonds. The highest BCUT2D eigenvalue weighted by molar-refractivity contribution is 5.74. The van der Waals surface area contributed by atoms with E-state index >= 15 is 0 Å². The predicted molar refractivity (Wildman–Crippen MR) is 61.4 cm³/mol. The van der Waals surface area contributed by atoms with Gasteiger partial charge < -0.3 is 15.4 Å². The van der Waals surface area contributed by atoms with Gasteiger partial charge in [-0.05, 0) is 13.8 Å². The fourth-order valence-corrected chi connectivity index (χ4v) is 1.15. The molecule has 0 saturated heterocycles. The molecule has 0 fully saturated rings. The van der Waals surface area contributed by atoms with E-state index in [1.54, 1.807) is 20.0 Å². The van der Waals surface area contributed by atoms with E-state index in [-0.39, 0.29) is 12.5 Å². The zero-order chi connectivity index (χ0) is 12.0. The van der Waals surface area contributed by atoms with Crippen LogP contribution >= 0.6 is 0 Å². The molecule has 1 rings (SSSR count). The summed E-state index contributed by atoms with van der Waals surface area (Å²) in [6, 6.07) is 1.76. The van der Waals surface area contributed by atoms with Gasteiger partial charge in [0, 0.05) is 18.8 Å². The van der Waals surface area contributed by atoms with Crippen molar-refractivity contribution in [2.75, 3.05) is 30.8 Å². The fourth-order valence-electron chi connectivity index (χ4n) is 1.15. The van der Waals surface area contributed by atoms with Gasteiger partial charge in [-0.2, -0.15) is 4.98 Å². The molecule has 0 aliphatic heterocycles. The van der Waals surface area contributed by atoms with Crippen LogP contribution in [-0.4, -0.2) is 36.1 Å². The van der Waals surface area contributed by atoms with Gasteiger partial charge in [-0.15, -0.1) is 0 Å². The van der Waals surface area contributed by atoms with Crippen LogP contribution in [0.25, 0.3) is 0 Å². The lowest BCUT2D eigenvalue weighted by molar-refractivity contribution is -0.140. The standard InChI is InChI=1S/C10H16N4O2/c1-4-16-9(15)6-12-8-5-7(2)13-10(11-3)14-8/h5H,4,6H2,1-3H3,(H2,11,12,13,14). The van der Waals surface area contributed by atoms with Gasteiger partial charge >= 0.3 is 5.97 Å². The smallest absolute Gasteiger partial charge is 0.325 e. The molecule has 0 aliphatic rings. The number of rotatable bonds is 5. The maximum atomic E-state index is 11.1. The maximum absolute atomic E-state index is 11.1. The van der Waals surface area contributed by atoms with E-state index in [1.807, 2.05) is 6.92 Å². The zero-order valence-corrected chi connectivity index (χ0v) is 9.70. The highest BCUT2D eigenvalue weighted by Gasteiger charge is 2.04. The molecule has 1 aromatic heterocycles. The minimum absolute atomic E-state index is 0.105. The molecule has 0 atom stereocenters. The van der Waals surface area contributed by atoms with Crippen molar-refractivity contribution >= 4 is 17.7 Å². The van der Waals surface area contributed by atoms with Gasteiger partial charge in [0.25, 0.3) is 0 Å². The van der Waals surface area contributed by atoms with Gasteiger partial charge in [0.2, 0.25) is 5.95 Å². The highest BCUT2D eigenvalue weighted by Crippen LogP contribution is 2.08. The summed E-state index contributed by atoms with van der Waals surface area (Å²) in [7, 11) is 1.74. The number of hydrogen-bond acceptors (Lipinski definition) is 6. The van der Waals surface area contributed by atoms with Crippen molar-refractivity contribution in [2.24, 2.45) is 0 Å². The Morgan fingerprint density at radius 3 is 2.88 bits per heavy atom. The van der Waals surface area contributed by atoms with Crippen LogP contribution in [0.2, 0.25) is 0 Å². The molecular weight excluding hydrogens is 208 g/mol. The molecule has 0 radical (unpaired) electrons. The number of esters is 1. The first kappa shape index (κ1) is 12.2. The third-order valence-corrected chi connectivity index (χ3v) is 1.80.